The molecule has 0 spiro atoms. The van der Waals surface area contributed by atoms with E-state index in [1.165, 1.54) is 26.0 Å². The van der Waals surface area contributed by atoms with Crippen LogP contribution in [0.1, 0.15) is 48.8 Å². The Bertz CT molecular complexity index is 1190. The molecule has 0 aliphatic carbocycles. The molecule has 1 aliphatic rings. The predicted octanol–water partition coefficient (Wildman–Crippen LogP) is 5.08. The van der Waals surface area contributed by atoms with Crippen LogP contribution in [-0.2, 0) is 28.7 Å². The Labute approximate surface area is 212 Å². The number of aromatic nitrogens is 2. The lowest BCUT2D eigenvalue weighted by Gasteiger charge is -2.22. The maximum atomic E-state index is 13.0. The van der Waals surface area contributed by atoms with Gasteiger partial charge in [-0.25, -0.2) is 4.79 Å². The number of anilines is 1. The maximum Gasteiger partial charge on any atom is 0.416 e. The predicted molar refractivity (Wildman–Crippen MR) is 127 cm³/mol. The van der Waals surface area contributed by atoms with E-state index in [2.05, 4.69) is 10.1 Å². The lowest BCUT2D eigenvalue weighted by molar-refractivity contribution is -0.152. The van der Waals surface area contributed by atoms with E-state index in [9.17, 15) is 23.1 Å². The van der Waals surface area contributed by atoms with Crippen LogP contribution >= 0.6 is 0 Å². The first-order chi connectivity index (χ1) is 17.5. The smallest absolute Gasteiger partial charge is 0.416 e. The molecule has 2 aromatic carbocycles. The summed E-state index contributed by atoms with van der Waals surface area (Å²) < 4.78 is 55.3. The second-order valence-electron chi connectivity index (χ2n) is 9.42. The van der Waals surface area contributed by atoms with Crippen molar-refractivity contribution in [2.75, 3.05) is 24.7 Å². The molecule has 1 unspecified atom stereocenters. The molecule has 0 saturated carbocycles. The summed E-state index contributed by atoms with van der Waals surface area (Å²) in [5.74, 6) is 0.215. The fourth-order valence-corrected chi connectivity index (χ4v) is 3.85. The standard InChI is InChI=1S/C26H28F3N3O5/c1-25(2,23(33)34)36-21-9-5-17(6-10-21)11-13-32(15-18-3-7-20(8-4-18)26(27,28)29)24-30-22(37-31-24)19-12-14-35-16-19/h3-10,19H,11-16H2,1-2H3,(H,33,34). The van der Waals surface area contributed by atoms with Crippen molar-refractivity contribution in [1.82, 2.24) is 10.1 Å². The van der Waals surface area contributed by atoms with Gasteiger partial charge in [0.05, 0.1) is 18.1 Å². The summed E-state index contributed by atoms with van der Waals surface area (Å²) in [4.78, 5) is 17.7. The first-order valence-corrected chi connectivity index (χ1v) is 11.8. The van der Waals surface area contributed by atoms with Gasteiger partial charge in [-0.2, -0.15) is 18.2 Å². The molecule has 1 N–H and O–H groups in total. The van der Waals surface area contributed by atoms with Crippen molar-refractivity contribution in [1.29, 1.82) is 0 Å². The molecule has 1 fully saturated rings. The third kappa shape index (κ3) is 6.79. The van der Waals surface area contributed by atoms with E-state index < -0.39 is 23.3 Å². The summed E-state index contributed by atoms with van der Waals surface area (Å²) in [6.07, 6.45) is -3.05. The molecular weight excluding hydrogens is 491 g/mol. The van der Waals surface area contributed by atoms with Gasteiger partial charge in [0.15, 0.2) is 5.60 Å². The van der Waals surface area contributed by atoms with Gasteiger partial charge in [0, 0.05) is 19.7 Å². The Hall–Kier alpha value is -3.60. The van der Waals surface area contributed by atoms with E-state index in [0.29, 0.717) is 49.3 Å². The topological polar surface area (TPSA) is 97.9 Å². The van der Waals surface area contributed by atoms with Crippen LogP contribution in [0.5, 0.6) is 5.75 Å². The second-order valence-corrected chi connectivity index (χ2v) is 9.42. The molecule has 11 heteroatoms. The summed E-state index contributed by atoms with van der Waals surface area (Å²) in [6, 6.07) is 12.1. The highest BCUT2D eigenvalue weighted by molar-refractivity contribution is 5.76. The first kappa shape index (κ1) is 26.5. The number of carboxylic acids is 1. The lowest BCUT2D eigenvalue weighted by atomic mass is 10.1. The molecule has 198 valence electrons. The Kier molecular flexibility index (Phi) is 7.72. The second kappa shape index (κ2) is 10.8. The third-order valence-corrected chi connectivity index (χ3v) is 6.13. The molecule has 4 rings (SSSR count). The fraction of sp³-hybridized carbons (Fsp3) is 0.423. The molecule has 2 heterocycles. The number of ether oxygens (including phenoxy) is 2. The average Bonchev–Trinajstić information content (AvgIpc) is 3.54. The summed E-state index contributed by atoms with van der Waals surface area (Å²) in [7, 11) is 0. The number of halogens is 3. The number of hydrogen-bond acceptors (Lipinski definition) is 7. The zero-order valence-corrected chi connectivity index (χ0v) is 20.5. The van der Waals surface area contributed by atoms with Gasteiger partial charge in [-0.3, -0.25) is 0 Å². The molecule has 8 nitrogen and oxygen atoms in total. The molecule has 0 amide bonds. The van der Waals surface area contributed by atoms with E-state index in [0.717, 1.165) is 24.1 Å². The SMILES string of the molecule is CC(C)(Oc1ccc(CCN(Cc2ccc(C(F)(F)F)cc2)c2noc(C3CCOC3)n2)cc1)C(=O)O. The number of hydrogen-bond donors (Lipinski definition) is 1. The molecule has 0 bridgehead atoms. The summed E-state index contributed by atoms with van der Waals surface area (Å²) >= 11 is 0. The number of nitrogens with zero attached hydrogens (tertiary/aromatic N) is 3. The van der Waals surface area contributed by atoms with Gasteiger partial charge >= 0.3 is 12.1 Å². The highest BCUT2D eigenvalue weighted by Gasteiger charge is 2.31. The van der Waals surface area contributed by atoms with Crippen LogP contribution in [0.3, 0.4) is 0 Å². The van der Waals surface area contributed by atoms with Crippen LogP contribution in [0.25, 0.3) is 0 Å². The van der Waals surface area contributed by atoms with E-state index in [1.807, 2.05) is 17.0 Å². The minimum absolute atomic E-state index is 0.0248. The molecule has 1 atom stereocenters. The van der Waals surface area contributed by atoms with E-state index >= 15 is 0 Å². The van der Waals surface area contributed by atoms with Gasteiger partial charge < -0.3 is 24.0 Å². The third-order valence-electron chi connectivity index (χ3n) is 6.13. The van der Waals surface area contributed by atoms with Crippen LogP contribution in [0.15, 0.2) is 53.1 Å². The molecule has 37 heavy (non-hydrogen) atoms. The summed E-state index contributed by atoms with van der Waals surface area (Å²) in [5, 5.41) is 13.4. The average molecular weight is 520 g/mol. The summed E-state index contributed by atoms with van der Waals surface area (Å²) in [5.41, 5.74) is -0.450. The van der Waals surface area contributed by atoms with Gasteiger partial charge in [-0.15, -0.1) is 0 Å². The zero-order chi connectivity index (χ0) is 26.6. The van der Waals surface area contributed by atoms with Crippen molar-refractivity contribution >= 4 is 11.9 Å². The fourth-order valence-electron chi connectivity index (χ4n) is 3.85. The number of rotatable bonds is 10. The van der Waals surface area contributed by atoms with E-state index in [-0.39, 0.29) is 12.5 Å². The molecule has 1 saturated heterocycles. The maximum absolute atomic E-state index is 13.0. The monoisotopic (exact) mass is 519 g/mol. The molecule has 1 aromatic heterocycles. The Morgan fingerprint density at radius 3 is 2.38 bits per heavy atom. The quantitative estimate of drug-likeness (QED) is 0.396. The van der Waals surface area contributed by atoms with Crippen LogP contribution < -0.4 is 9.64 Å². The number of carboxylic acid groups (broad SMARTS) is 1. The largest absolute Gasteiger partial charge is 0.478 e. The van der Waals surface area contributed by atoms with Gasteiger partial charge in [0.2, 0.25) is 5.89 Å². The lowest BCUT2D eigenvalue weighted by Crippen LogP contribution is -2.37. The van der Waals surface area contributed by atoms with Crippen molar-refractivity contribution in [2.24, 2.45) is 0 Å². The first-order valence-electron chi connectivity index (χ1n) is 11.8. The zero-order valence-electron chi connectivity index (χ0n) is 20.5. The number of benzene rings is 2. The molecule has 1 aliphatic heterocycles. The number of aliphatic carboxylic acids is 1. The van der Waals surface area contributed by atoms with Crippen LogP contribution in [0.2, 0.25) is 0 Å². The Morgan fingerprint density at radius 2 is 1.78 bits per heavy atom. The molecular formula is C26H28F3N3O5. The number of carbonyl (C=O) groups is 1. The van der Waals surface area contributed by atoms with Crippen LogP contribution in [0.4, 0.5) is 19.1 Å². The Morgan fingerprint density at radius 1 is 1.11 bits per heavy atom. The normalized spacial score (nSPS) is 16.1. The van der Waals surface area contributed by atoms with E-state index in [1.54, 1.807) is 12.1 Å². The Balaban J connectivity index is 1.48. The highest BCUT2D eigenvalue weighted by atomic mass is 19.4. The molecule has 0 radical (unpaired) electrons. The van der Waals surface area contributed by atoms with Gasteiger partial charge in [-0.1, -0.05) is 24.3 Å². The van der Waals surface area contributed by atoms with Crippen LogP contribution in [-0.4, -0.2) is 46.6 Å². The van der Waals surface area contributed by atoms with E-state index in [4.69, 9.17) is 14.0 Å². The van der Waals surface area contributed by atoms with Gasteiger partial charge in [0.25, 0.3) is 5.95 Å². The van der Waals surface area contributed by atoms with Crippen molar-refractivity contribution in [3.63, 3.8) is 0 Å². The minimum Gasteiger partial charge on any atom is -0.478 e. The van der Waals surface area contributed by atoms with Crippen molar-refractivity contribution < 1.29 is 37.1 Å². The number of alkyl halides is 3. The van der Waals surface area contributed by atoms with Gasteiger partial charge in [-0.05, 0) is 67.2 Å². The van der Waals surface area contributed by atoms with Crippen molar-refractivity contribution in [2.45, 2.75) is 50.9 Å². The minimum atomic E-state index is -4.40. The van der Waals surface area contributed by atoms with Crippen molar-refractivity contribution in [3.05, 3.63) is 71.1 Å². The van der Waals surface area contributed by atoms with Gasteiger partial charge in [0.1, 0.15) is 5.75 Å². The van der Waals surface area contributed by atoms with Crippen LogP contribution in [0, 0.1) is 0 Å². The highest BCUT2D eigenvalue weighted by Crippen LogP contribution is 2.30. The summed E-state index contributed by atoms with van der Waals surface area (Å²) in [6.45, 7) is 4.82. The molecule has 3 aromatic rings. The van der Waals surface area contributed by atoms with Crippen molar-refractivity contribution in [3.8, 4) is 5.75 Å².